The normalized spacial score (nSPS) is 24.9. The number of urea groups is 1. The molecule has 2 N–H and O–H groups in total. The number of rotatable bonds is 5. The molecule has 1 saturated heterocycles. The Hall–Kier alpha value is -1.30. The van der Waals surface area contributed by atoms with Gasteiger partial charge in [-0.3, -0.25) is 0 Å². The van der Waals surface area contributed by atoms with E-state index >= 15 is 0 Å². The molecular weight excluding hydrogens is 260 g/mol. The maximum atomic E-state index is 12.2. The molecule has 20 heavy (non-hydrogen) atoms. The van der Waals surface area contributed by atoms with E-state index in [1.807, 2.05) is 4.90 Å². The van der Waals surface area contributed by atoms with Crippen LogP contribution in [0.25, 0.3) is 0 Å². The van der Waals surface area contributed by atoms with Crippen LogP contribution in [0.4, 0.5) is 4.79 Å². The molecule has 1 heterocycles. The lowest BCUT2D eigenvalue weighted by Crippen LogP contribution is -2.48. The molecule has 6 nitrogen and oxygen atoms in total. The van der Waals surface area contributed by atoms with E-state index in [9.17, 15) is 9.59 Å². The van der Waals surface area contributed by atoms with E-state index in [2.05, 4.69) is 5.32 Å². The summed E-state index contributed by atoms with van der Waals surface area (Å²) >= 11 is 0. The molecule has 2 amide bonds. The number of aliphatic carboxylic acids is 1. The third-order valence-electron chi connectivity index (χ3n) is 4.50. The van der Waals surface area contributed by atoms with Crippen molar-refractivity contribution in [2.24, 2.45) is 5.92 Å². The Morgan fingerprint density at radius 2 is 2.00 bits per heavy atom. The van der Waals surface area contributed by atoms with Crippen LogP contribution in [0.15, 0.2) is 0 Å². The molecule has 0 bridgehead atoms. The Bertz CT molecular complexity index is 355. The van der Waals surface area contributed by atoms with Gasteiger partial charge in [0.05, 0.1) is 6.54 Å². The number of nitrogens with one attached hydrogen (secondary N) is 1. The molecule has 1 saturated carbocycles. The van der Waals surface area contributed by atoms with Gasteiger partial charge in [0.1, 0.15) is 0 Å². The van der Waals surface area contributed by atoms with Gasteiger partial charge < -0.3 is 20.1 Å². The molecule has 2 rings (SSSR count). The van der Waals surface area contributed by atoms with Crippen molar-refractivity contribution in [2.75, 3.05) is 20.2 Å². The molecule has 2 fully saturated rings. The summed E-state index contributed by atoms with van der Waals surface area (Å²) in [6.07, 6.45) is 6.09. The van der Waals surface area contributed by atoms with Crippen LogP contribution in [0.1, 0.15) is 38.5 Å². The average Bonchev–Trinajstić information content (AvgIpc) is 3.09. The molecule has 6 heteroatoms. The van der Waals surface area contributed by atoms with Crippen LogP contribution in [-0.2, 0) is 9.53 Å². The van der Waals surface area contributed by atoms with Crippen molar-refractivity contribution in [1.29, 1.82) is 0 Å². The lowest BCUT2D eigenvalue weighted by Gasteiger charge is -2.29. The molecule has 0 aromatic rings. The Balaban J connectivity index is 1.86. The molecule has 2 unspecified atom stereocenters. The quantitative estimate of drug-likeness (QED) is 0.801. The molecule has 0 aromatic carbocycles. The first kappa shape index (κ1) is 15.1. The van der Waals surface area contributed by atoms with E-state index in [1.165, 1.54) is 32.8 Å². The average molecular weight is 284 g/mol. The zero-order valence-electron chi connectivity index (χ0n) is 12.0. The highest BCUT2D eigenvalue weighted by Crippen LogP contribution is 2.35. The van der Waals surface area contributed by atoms with Crippen molar-refractivity contribution in [3.05, 3.63) is 0 Å². The van der Waals surface area contributed by atoms with Gasteiger partial charge in [0, 0.05) is 19.7 Å². The van der Waals surface area contributed by atoms with Crippen LogP contribution < -0.4 is 5.32 Å². The SMILES string of the molecule is COC(CNC(=O)N1CCCC1C1CCCC1)C(=O)O. The summed E-state index contributed by atoms with van der Waals surface area (Å²) in [5.41, 5.74) is 0. The van der Waals surface area contributed by atoms with Gasteiger partial charge in [0.15, 0.2) is 6.10 Å². The highest BCUT2D eigenvalue weighted by atomic mass is 16.5. The number of carbonyl (C=O) groups is 2. The van der Waals surface area contributed by atoms with Crippen LogP contribution in [0.2, 0.25) is 0 Å². The lowest BCUT2D eigenvalue weighted by atomic mass is 9.96. The maximum Gasteiger partial charge on any atom is 0.334 e. The summed E-state index contributed by atoms with van der Waals surface area (Å²) in [5, 5.41) is 11.6. The maximum absolute atomic E-state index is 12.2. The predicted molar refractivity (Wildman–Crippen MR) is 73.5 cm³/mol. The van der Waals surface area contributed by atoms with Crippen molar-refractivity contribution in [3.8, 4) is 0 Å². The van der Waals surface area contributed by atoms with E-state index in [-0.39, 0.29) is 12.6 Å². The smallest absolute Gasteiger partial charge is 0.334 e. The second-order valence-corrected chi connectivity index (χ2v) is 5.70. The number of methoxy groups -OCH3 is 1. The van der Waals surface area contributed by atoms with Crippen molar-refractivity contribution < 1.29 is 19.4 Å². The van der Waals surface area contributed by atoms with Gasteiger partial charge in [-0.15, -0.1) is 0 Å². The summed E-state index contributed by atoms with van der Waals surface area (Å²) in [6.45, 7) is 0.788. The zero-order valence-corrected chi connectivity index (χ0v) is 12.0. The minimum atomic E-state index is -1.05. The number of hydrogen-bond acceptors (Lipinski definition) is 3. The summed E-state index contributed by atoms with van der Waals surface area (Å²) in [5.74, 6) is -0.428. The molecule has 2 atom stereocenters. The van der Waals surface area contributed by atoms with Gasteiger partial charge in [-0.1, -0.05) is 12.8 Å². The predicted octanol–water partition coefficient (Wildman–Crippen LogP) is 1.45. The Morgan fingerprint density at radius 3 is 2.60 bits per heavy atom. The molecule has 0 spiro atoms. The summed E-state index contributed by atoms with van der Waals surface area (Å²) in [4.78, 5) is 25.0. The number of ether oxygens (including phenoxy) is 1. The number of carboxylic acid groups (broad SMARTS) is 1. The van der Waals surface area contributed by atoms with Crippen molar-refractivity contribution in [1.82, 2.24) is 10.2 Å². The number of nitrogens with zero attached hydrogens (tertiary/aromatic N) is 1. The van der Waals surface area contributed by atoms with Gasteiger partial charge in [-0.2, -0.15) is 0 Å². The fraction of sp³-hybridized carbons (Fsp3) is 0.857. The number of amides is 2. The van der Waals surface area contributed by atoms with Crippen molar-refractivity contribution in [2.45, 2.75) is 50.7 Å². The second-order valence-electron chi connectivity index (χ2n) is 5.70. The lowest BCUT2D eigenvalue weighted by molar-refractivity contribution is -0.148. The van der Waals surface area contributed by atoms with Crippen LogP contribution in [0.3, 0.4) is 0 Å². The number of hydrogen-bond donors (Lipinski definition) is 2. The Kier molecular flexibility index (Phi) is 5.23. The topological polar surface area (TPSA) is 78.9 Å². The molecule has 1 aliphatic heterocycles. The zero-order chi connectivity index (χ0) is 14.5. The Labute approximate surface area is 119 Å². The third kappa shape index (κ3) is 3.42. The van der Waals surface area contributed by atoms with Gasteiger partial charge in [-0.25, -0.2) is 9.59 Å². The first-order valence-electron chi connectivity index (χ1n) is 7.43. The van der Waals surface area contributed by atoms with E-state index in [0.29, 0.717) is 12.0 Å². The van der Waals surface area contributed by atoms with Gasteiger partial charge in [0.2, 0.25) is 0 Å². The molecule has 2 aliphatic rings. The molecule has 114 valence electrons. The summed E-state index contributed by atoms with van der Waals surface area (Å²) in [7, 11) is 1.34. The summed E-state index contributed by atoms with van der Waals surface area (Å²) in [6, 6.07) is 0.186. The Morgan fingerprint density at radius 1 is 1.30 bits per heavy atom. The number of likely N-dealkylation sites (tertiary alicyclic amines) is 1. The van der Waals surface area contributed by atoms with Crippen LogP contribution in [-0.4, -0.2) is 54.4 Å². The van der Waals surface area contributed by atoms with E-state index in [1.54, 1.807) is 0 Å². The van der Waals surface area contributed by atoms with Gasteiger partial charge in [0.25, 0.3) is 0 Å². The largest absolute Gasteiger partial charge is 0.479 e. The van der Waals surface area contributed by atoms with Crippen molar-refractivity contribution in [3.63, 3.8) is 0 Å². The minimum absolute atomic E-state index is 0.0125. The first-order chi connectivity index (χ1) is 9.63. The fourth-order valence-corrected chi connectivity index (χ4v) is 3.43. The van der Waals surface area contributed by atoms with Crippen LogP contribution in [0.5, 0.6) is 0 Å². The van der Waals surface area contributed by atoms with Crippen molar-refractivity contribution >= 4 is 12.0 Å². The molecule has 0 radical (unpaired) electrons. The number of carbonyl (C=O) groups excluding carboxylic acids is 1. The van der Waals surface area contributed by atoms with E-state index in [0.717, 1.165) is 19.4 Å². The molecule has 1 aliphatic carbocycles. The standard InChI is InChI=1S/C14H24N2O4/c1-20-12(13(17)18)9-15-14(19)16-8-4-7-11(16)10-5-2-3-6-10/h10-12H,2-9H2,1H3,(H,15,19)(H,17,18). The van der Waals surface area contributed by atoms with Gasteiger partial charge in [-0.05, 0) is 31.6 Å². The third-order valence-corrected chi connectivity index (χ3v) is 4.50. The second kappa shape index (κ2) is 6.92. The van der Waals surface area contributed by atoms with Gasteiger partial charge >= 0.3 is 12.0 Å². The monoisotopic (exact) mass is 284 g/mol. The minimum Gasteiger partial charge on any atom is -0.479 e. The highest BCUT2D eigenvalue weighted by molar-refractivity contribution is 5.77. The fourth-order valence-electron chi connectivity index (χ4n) is 3.43. The summed E-state index contributed by atoms with van der Waals surface area (Å²) < 4.78 is 4.82. The van der Waals surface area contributed by atoms with Crippen LogP contribution in [0, 0.1) is 5.92 Å². The molecule has 0 aromatic heterocycles. The van der Waals surface area contributed by atoms with E-state index in [4.69, 9.17) is 9.84 Å². The highest BCUT2D eigenvalue weighted by Gasteiger charge is 2.36. The first-order valence-corrected chi connectivity index (χ1v) is 7.43. The van der Waals surface area contributed by atoms with E-state index < -0.39 is 12.1 Å². The molecular formula is C14H24N2O4. The number of carboxylic acids is 1. The van der Waals surface area contributed by atoms with Crippen LogP contribution >= 0.6 is 0 Å².